The highest BCUT2D eigenvalue weighted by molar-refractivity contribution is 6.46. The Kier molecular flexibility index (Phi) is 5.07. The van der Waals surface area contributed by atoms with Crippen molar-refractivity contribution in [3.63, 3.8) is 0 Å². The van der Waals surface area contributed by atoms with Crippen LogP contribution >= 0.6 is 11.6 Å². The first-order valence-corrected chi connectivity index (χ1v) is 10.5. The molecular weight excluding hydrogens is 428 g/mol. The fourth-order valence-corrected chi connectivity index (χ4v) is 4.32. The Labute approximate surface area is 188 Å². The van der Waals surface area contributed by atoms with Crippen molar-refractivity contribution in [2.24, 2.45) is 0 Å². The SMILES string of the molecule is O=C1C(=O)N(CCc2c[nH]c3ccccc23)[C@@H](c2ccco2)C1=C(O)c1ccc(Cl)cc1. The first-order chi connectivity index (χ1) is 15.5. The number of furan rings is 1. The largest absolute Gasteiger partial charge is 0.507 e. The number of aliphatic hydroxyl groups is 1. The molecule has 4 aromatic rings. The molecule has 1 aliphatic rings. The van der Waals surface area contributed by atoms with Crippen LogP contribution in [0.5, 0.6) is 0 Å². The number of para-hydroxylation sites is 1. The quantitative estimate of drug-likeness (QED) is 0.254. The molecule has 1 fully saturated rings. The maximum absolute atomic E-state index is 13.0. The molecule has 7 heteroatoms. The lowest BCUT2D eigenvalue weighted by Crippen LogP contribution is -2.31. The predicted octanol–water partition coefficient (Wildman–Crippen LogP) is 5.08. The Balaban J connectivity index is 1.53. The summed E-state index contributed by atoms with van der Waals surface area (Å²) in [4.78, 5) is 30.7. The lowest BCUT2D eigenvalue weighted by molar-refractivity contribution is -0.140. The van der Waals surface area contributed by atoms with Gasteiger partial charge in [-0.15, -0.1) is 0 Å². The Bertz CT molecular complexity index is 1340. The second kappa shape index (κ2) is 8.05. The van der Waals surface area contributed by atoms with Crippen LogP contribution < -0.4 is 0 Å². The number of hydrogen-bond donors (Lipinski definition) is 2. The number of rotatable bonds is 5. The van der Waals surface area contributed by atoms with E-state index >= 15 is 0 Å². The molecule has 0 spiro atoms. The third-order valence-corrected chi connectivity index (χ3v) is 6.02. The number of likely N-dealkylation sites (tertiary alicyclic amines) is 1. The fourth-order valence-electron chi connectivity index (χ4n) is 4.20. The van der Waals surface area contributed by atoms with Crippen molar-refractivity contribution in [2.75, 3.05) is 6.54 Å². The molecule has 1 atom stereocenters. The standard InChI is InChI=1S/C25H19ClN2O4/c26-17-9-7-15(8-10-17)23(29)21-22(20-6-3-13-32-20)28(25(31)24(21)30)12-11-16-14-27-19-5-2-1-4-18(16)19/h1-10,13-14,22,27,29H,11-12H2/t22-/m0/s1. The van der Waals surface area contributed by atoms with Crippen molar-refractivity contribution in [1.29, 1.82) is 0 Å². The number of nitrogens with zero attached hydrogens (tertiary/aromatic N) is 1. The van der Waals surface area contributed by atoms with Gasteiger partial charge in [0.05, 0.1) is 11.8 Å². The van der Waals surface area contributed by atoms with Gasteiger partial charge in [0.25, 0.3) is 11.7 Å². The number of aliphatic hydroxyl groups excluding tert-OH is 1. The number of aromatic amines is 1. The number of Topliss-reactive ketones (excluding diaryl/α,β-unsaturated/α-hetero) is 1. The number of ketones is 1. The summed E-state index contributed by atoms with van der Waals surface area (Å²) >= 11 is 5.95. The number of benzene rings is 2. The van der Waals surface area contributed by atoms with Crippen molar-refractivity contribution in [1.82, 2.24) is 9.88 Å². The summed E-state index contributed by atoms with van der Waals surface area (Å²) in [5.41, 5.74) is 2.46. The normalized spacial score (nSPS) is 18.0. The van der Waals surface area contributed by atoms with Gasteiger partial charge in [-0.25, -0.2) is 0 Å². The molecule has 160 valence electrons. The van der Waals surface area contributed by atoms with E-state index in [0.717, 1.165) is 16.5 Å². The number of nitrogens with one attached hydrogen (secondary N) is 1. The molecule has 32 heavy (non-hydrogen) atoms. The van der Waals surface area contributed by atoms with Crippen LogP contribution in [0.4, 0.5) is 0 Å². The Morgan fingerprint density at radius 3 is 2.59 bits per heavy atom. The van der Waals surface area contributed by atoms with Crippen molar-refractivity contribution in [3.8, 4) is 0 Å². The lowest BCUT2D eigenvalue weighted by Gasteiger charge is -2.23. The molecule has 5 rings (SSSR count). The van der Waals surface area contributed by atoms with Crippen LogP contribution in [0.1, 0.15) is 22.9 Å². The van der Waals surface area contributed by atoms with Crippen molar-refractivity contribution < 1.29 is 19.1 Å². The molecular formula is C25H19ClN2O4. The van der Waals surface area contributed by atoms with Gasteiger partial charge in [0.2, 0.25) is 0 Å². The number of hydrogen-bond acceptors (Lipinski definition) is 4. The van der Waals surface area contributed by atoms with E-state index in [0.29, 0.717) is 22.8 Å². The number of fused-ring (bicyclic) bond motifs is 1. The van der Waals surface area contributed by atoms with E-state index in [-0.39, 0.29) is 17.9 Å². The molecule has 0 radical (unpaired) electrons. The average molecular weight is 447 g/mol. The van der Waals surface area contributed by atoms with Gasteiger partial charge in [-0.2, -0.15) is 0 Å². The van der Waals surface area contributed by atoms with E-state index in [1.807, 2.05) is 30.5 Å². The summed E-state index contributed by atoms with van der Waals surface area (Å²) in [6, 6.07) is 16.9. The van der Waals surface area contributed by atoms with Crippen LogP contribution in [0.3, 0.4) is 0 Å². The van der Waals surface area contributed by atoms with Crippen LogP contribution in [0, 0.1) is 0 Å². The van der Waals surface area contributed by atoms with Gasteiger partial charge in [-0.3, -0.25) is 9.59 Å². The van der Waals surface area contributed by atoms with Crippen molar-refractivity contribution >= 4 is 40.0 Å². The Morgan fingerprint density at radius 2 is 1.84 bits per heavy atom. The second-order valence-corrected chi connectivity index (χ2v) is 8.06. The summed E-state index contributed by atoms with van der Waals surface area (Å²) in [6.45, 7) is 0.287. The third kappa shape index (κ3) is 3.39. The van der Waals surface area contributed by atoms with Crippen LogP contribution in [0.2, 0.25) is 5.02 Å². The summed E-state index contributed by atoms with van der Waals surface area (Å²) in [7, 11) is 0. The van der Waals surface area contributed by atoms with E-state index in [1.54, 1.807) is 36.4 Å². The van der Waals surface area contributed by atoms with E-state index < -0.39 is 17.7 Å². The van der Waals surface area contributed by atoms with E-state index in [4.69, 9.17) is 16.0 Å². The Hall–Kier alpha value is -3.77. The van der Waals surface area contributed by atoms with E-state index in [1.165, 1.54) is 11.2 Å². The molecule has 1 amide bonds. The van der Waals surface area contributed by atoms with Gasteiger partial charge in [-0.05, 0) is 54.4 Å². The monoisotopic (exact) mass is 446 g/mol. The highest BCUT2D eigenvalue weighted by atomic mass is 35.5. The minimum Gasteiger partial charge on any atom is -0.507 e. The number of aromatic nitrogens is 1. The molecule has 2 N–H and O–H groups in total. The number of carbonyl (C=O) groups is 2. The smallest absolute Gasteiger partial charge is 0.295 e. The highest BCUT2D eigenvalue weighted by Gasteiger charge is 2.47. The number of carbonyl (C=O) groups excluding carboxylic acids is 2. The number of amides is 1. The maximum atomic E-state index is 13.0. The number of halogens is 1. The predicted molar refractivity (Wildman–Crippen MR) is 121 cm³/mol. The summed E-state index contributed by atoms with van der Waals surface area (Å²) in [5.74, 6) is -1.24. The van der Waals surface area contributed by atoms with Gasteiger partial charge in [0.1, 0.15) is 17.6 Å². The van der Waals surface area contributed by atoms with Gasteiger partial charge < -0.3 is 19.4 Å². The van der Waals surface area contributed by atoms with Crippen molar-refractivity contribution in [2.45, 2.75) is 12.5 Å². The van der Waals surface area contributed by atoms with Crippen LogP contribution in [0.15, 0.2) is 83.1 Å². The lowest BCUT2D eigenvalue weighted by atomic mass is 9.99. The molecule has 0 aliphatic carbocycles. The minimum absolute atomic E-state index is 0.00574. The molecule has 2 aromatic heterocycles. The summed E-state index contributed by atoms with van der Waals surface area (Å²) in [6.07, 6.45) is 3.93. The zero-order valence-electron chi connectivity index (χ0n) is 16.9. The Morgan fingerprint density at radius 1 is 1.06 bits per heavy atom. The molecule has 2 aromatic carbocycles. The van der Waals surface area contributed by atoms with Crippen LogP contribution in [-0.2, 0) is 16.0 Å². The minimum atomic E-state index is -0.814. The number of H-pyrrole nitrogens is 1. The topological polar surface area (TPSA) is 86.5 Å². The summed E-state index contributed by atoms with van der Waals surface area (Å²) < 4.78 is 5.57. The zero-order valence-corrected chi connectivity index (χ0v) is 17.7. The molecule has 1 saturated heterocycles. The van der Waals surface area contributed by atoms with Gasteiger partial charge in [0, 0.05) is 34.2 Å². The molecule has 0 unspecified atom stereocenters. The van der Waals surface area contributed by atoms with Gasteiger partial charge in [0.15, 0.2) is 0 Å². The van der Waals surface area contributed by atoms with E-state index in [2.05, 4.69) is 4.98 Å². The van der Waals surface area contributed by atoms with E-state index in [9.17, 15) is 14.7 Å². The van der Waals surface area contributed by atoms with Gasteiger partial charge >= 0.3 is 0 Å². The molecule has 1 aliphatic heterocycles. The average Bonchev–Trinajstić information content (AvgIpc) is 3.52. The van der Waals surface area contributed by atoms with Crippen molar-refractivity contribution in [3.05, 3.63) is 101 Å². The first-order valence-electron chi connectivity index (χ1n) is 10.2. The molecule has 6 nitrogen and oxygen atoms in total. The maximum Gasteiger partial charge on any atom is 0.295 e. The zero-order chi connectivity index (χ0) is 22.2. The first kappa shape index (κ1) is 20.2. The second-order valence-electron chi connectivity index (χ2n) is 7.62. The van der Waals surface area contributed by atoms with Crippen LogP contribution in [0.25, 0.3) is 16.7 Å². The molecule has 3 heterocycles. The fraction of sp³-hybridized carbons (Fsp3) is 0.120. The third-order valence-electron chi connectivity index (χ3n) is 5.77. The van der Waals surface area contributed by atoms with Crippen LogP contribution in [-0.4, -0.2) is 33.2 Å². The molecule has 0 bridgehead atoms. The summed E-state index contributed by atoms with van der Waals surface area (Å²) in [5, 5.41) is 12.5. The van der Waals surface area contributed by atoms with Gasteiger partial charge in [-0.1, -0.05) is 29.8 Å². The molecule has 0 saturated carbocycles. The highest BCUT2D eigenvalue weighted by Crippen LogP contribution is 2.39.